The fourth-order valence-corrected chi connectivity index (χ4v) is 1.99. The molecule has 0 aliphatic carbocycles. The Bertz CT molecular complexity index is 198. The van der Waals surface area contributed by atoms with Crippen LogP contribution in [0.4, 0.5) is 0 Å². The molecule has 0 aromatic heterocycles. The van der Waals surface area contributed by atoms with Crippen LogP contribution in [-0.4, -0.2) is 36.6 Å². The Balaban J connectivity index is 3.75. The van der Waals surface area contributed by atoms with Gasteiger partial charge < -0.3 is 10.2 Å². The molecule has 0 bridgehead atoms. The first-order chi connectivity index (χ1) is 7.51. The third kappa shape index (κ3) is 10.8. The van der Waals surface area contributed by atoms with E-state index in [1.165, 1.54) is 19.4 Å². The highest BCUT2D eigenvalue weighted by molar-refractivity contribution is 4.73. The van der Waals surface area contributed by atoms with Crippen LogP contribution in [0.2, 0.25) is 0 Å². The van der Waals surface area contributed by atoms with E-state index in [0.717, 1.165) is 6.54 Å². The van der Waals surface area contributed by atoms with Gasteiger partial charge in [0.1, 0.15) is 0 Å². The van der Waals surface area contributed by atoms with Gasteiger partial charge in [-0.05, 0) is 59.5 Å². The molecular formula is C15H34N2. The Morgan fingerprint density at radius 1 is 1.06 bits per heavy atom. The zero-order valence-corrected chi connectivity index (χ0v) is 13.4. The molecule has 0 aliphatic heterocycles. The molecule has 1 unspecified atom stereocenters. The third-order valence-electron chi connectivity index (χ3n) is 2.93. The van der Waals surface area contributed by atoms with Gasteiger partial charge in [-0.2, -0.15) is 0 Å². The third-order valence-corrected chi connectivity index (χ3v) is 2.93. The summed E-state index contributed by atoms with van der Waals surface area (Å²) in [5.74, 6) is 0. The van der Waals surface area contributed by atoms with Gasteiger partial charge in [0.2, 0.25) is 0 Å². The van der Waals surface area contributed by atoms with Crippen LogP contribution in [0.1, 0.15) is 61.3 Å². The standard InChI is InChI=1S/C15H34N2/c1-13(17(8)12-14(2,3)4)10-9-11-16-15(5,6)7/h13,16H,9-12H2,1-8H3. The van der Waals surface area contributed by atoms with E-state index in [2.05, 4.69) is 65.7 Å². The van der Waals surface area contributed by atoms with Crippen molar-refractivity contribution in [3.05, 3.63) is 0 Å². The van der Waals surface area contributed by atoms with Crippen molar-refractivity contribution in [1.29, 1.82) is 0 Å². The Labute approximate surface area is 109 Å². The molecule has 2 heteroatoms. The second-order valence-electron chi connectivity index (χ2n) is 7.64. The molecule has 17 heavy (non-hydrogen) atoms. The van der Waals surface area contributed by atoms with Crippen molar-refractivity contribution in [2.75, 3.05) is 20.1 Å². The minimum Gasteiger partial charge on any atom is -0.312 e. The van der Waals surface area contributed by atoms with Crippen molar-refractivity contribution in [1.82, 2.24) is 10.2 Å². The predicted octanol–water partition coefficient (Wildman–Crippen LogP) is 3.52. The molecule has 1 atom stereocenters. The molecule has 0 amide bonds. The van der Waals surface area contributed by atoms with Crippen molar-refractivity contribution >= 4 is 0 Å². The average molecular weight is 242 g/mol. The lowest BCUT2D eigenvalue weighted by molar-refractivity contribution is 0.172. The first-order valence-electron chi connectivity index (χ1n) is 6.96. The zero-order chi connectivity index (χ0) is 13.7. The molecular weight excluding hydrogens is 208 g/mol. The maximum Gasteiger partial charge on any atom is 0.00965 e. The fraction of sp³-hybridized carbons (Fsp3) is 1.00. The quantitative estimate of drug-likeness (QED) is 0.717. The number of nitrogens with zero attached hydrogens (tertiary/aromatic N) is 1. The number of hydrogen-bond donors (Lipinski definition) is 1. The van der Waals surface area contributed by atoms with Crippen molar-refractivity contribution in [3.8, 4) is 0 Å². The van der Waals surface area contributed by atoms with Crippen LogP contribution in [0.3, 0.4) is 0 Å². The number of nitrogens with one attached hydrogen (secondary N) is 1. The van der Waals surface area contributed by atoms with Gasteiger partial charge in [0.15, 0.2) is 0 Å². The summed E-state index contributed by atoms with van der Waals surface area (Å²) >= 11 is 0. The number of hydrogen-bond acceptors (Lipinski definition) is 2. The molecule has 0 spiro atoms. The van der Waals surface area contributed by atoms with Crippen LogP contribution in [0.5, 0.6) is 0 Å². The Kier molecular flexibility index (Phi) is 6.71. The lowest BCUT2D eigenvalue weighted by Gasteiger charge is -2.31. The van der Waals surface area contributed by atoms with Crippen molar-refractivity contribution in [2.45, 2.75) is 72.9 Å². The predicted molar refractivity (Wildman–Crippen MR) is 78.5 cm³/mol. The first kappa shape index (κ1) is 16.9. The molecule has 0 rings (SSSR count). The lowest BCUT2D eigenvalue weighted by Crippen LogP contribution is -2.38. The van der Waals surface area contributed by atoms with E-state index in [1.54, 1.807) is 0 Å². The van der Waals surface area contributed by atoms with E-state index in [9.17, 15) is 0 Å². The van der Waals surface area contributed by atoms with Gasteiger partial charge >= 0.3 is 0 Å². The van der Waals surface area contributed by atoms with Crippen LogP contribution in [-0.2, 0) is 0 Å². The van der Waals surface area contributed by atoms with Gasteiger partial charge in [-0.25, -0.2) is 0 Å². The van der Waals surface area contributed by atoms with E-state index >= 15 is 0 Å². The summed E-state index contributed by atoms with van der Waals surface area (Å²) in [5, 5.41) is 3.55. The summed E-state index contributed by atoms with van der Waals surface area (Å²) in [4.78, 5) is 2.48. The summed E-state index contributed by atoms with van der Waals surface area (Å²) in [6, 6.07) is 0.677. The highest BCUT2D eigenvalue weighted by Gasteiger charge is 2.17. The van der Waals surface area contributed by atoms with E-state index in [4.69, 9.17) is 0 Å². The molecule has 0 aromatic rings. The topological polar surface area (TPSA) is 15.3 Å². The second kappa shape index (κ2) is 6.75. The van der Waals surface area contributed by atoms with Crippen molar-refractivity contribution in [2.24, 2.45) is 5.41 Å². The monoisotopic (exact) mass is 242 g/mol. The van der Waals surface area contributed by atoms with Gasteiger partial charge in [-0.15, -0.1) is 0 Å². The van der Waals surface area contributed by atoms with Gasteiger partial charge in [0.05, 0.1) is 0 Å². The van der Waals surface area contributed by atoms with Crippen LogP contribution >= 0.6 is 0 Å². The molecule has 2 nitrogen and oxygen atoms in total. The van der Waals surface area contributed by atoms with Gasteiger partial charge in [-0.3, -0.25) is 0 Å². The van der Waals surface area contributed by atoms with Crippen molar-refractivity contribution in [3.63, 3.8) is 0 Å². The van der Waals surface area contributed by atoms with Gasteiger partial charge in [-0.1, -0.05) is 20.8 Å². The van der Waals surface area contributed by atoms with Crippen LogP contribution in [0.25, 0.3) is 0 Å². The van der Waals surface area contributed by atoms with Crippen LogP contribution < -0.4 is 5.32 Å². The minimum atomic E-state index is 0.251. The number of rotatable bonds is 6. The lowest BCUT2D eigenvalue weighted by atomic mass is 9.95. The molecule has 1 N–H and O–H groups in total. The minimum absolute atomic E-state index is 0.251. The van der Waals surface area contributed by atoms with E-state index in [-0.39, 0.29) is 5.54 Å². The van der Waals surface area contributed by atoms with Gasteiger partial charge in [0.25, 0.3) is 0 Å². The SMILES string of the molecule is CC(CCCNC(C)(C)C)N(C)CC(C)(C)C. The van der Waals surface area contributed by atoms with E-state index in [0.29, 0.717) is 11.5 Å². The molecule has 104 valence electrons. The smallest absolute Gasteiger partial charge is 0.00965 e. The highest BCUT2D eigenvalue weighted by atomic mass is 15.1. The summed E-state index contributed by atoms with van der Waals surface area (Å²) < 4.78 is 0. The first-order valence-corrected chi connectivity index (χ1v) is 6.96. The zero-order valence-electron chi connectivity index (χ0n) is 13.4. The maximum absolute atomic E-state index is 3.55. The largest absolute Gasteiger partial charge is 0.312 e. The highest BCUT2D eigenvalue weighted by Crippen LogP contribution is 2.17. The molecule has 0 heterocycles. The summed E-state index contributed by atoms with van der Waals surface area (Å²) in [6.07, 6.45) is 2.53. The Morgan fingerprint density at radius 3 is 2.00 bits per heavy atom. The van der Waals surface area contributed by atoms with Crippen molar-refractivity contribution < 1.29 is 0 Å². The molecule has 0 saturated carbocycles. The average Bonchev–Trinajstić information content (AvgIpc) is 2.07. The van der Waals surface area contributed by atoms with Crippen LogP contribution in [0, 0.1) is 5.41 Å². The van der Waals surface area contributed by atoms with Crippen LogP contribution in [0.15, 0.2) is 0 Å². The Hall–Kier alpha value is -0.0800. The summed E-state index contributed by atoms with van der Waals surface area (Å²) in [7, 11) is 2.24. The molecule has 0 aliphatic rings. The summed E-state index contributed by atoms with van der Waals surface area (Å²) in [6.45, 7) is 18.2. The fourth-order valence-electron chi connectivity index (χ4n) is 1.99. The molecule has 0 fully saturated rings. The molecule has 0 aromatic carbocycles. The second-order valence-corrected chi connectivity index (χ2v) is 7.64. The summed E-state index contributed by atoms with van der Waals surface area (Å²) in [5.41, 5.74) is 0.646. The van der Waals surface area contributed by atoms with Gasteiger partial charge in [0, 0.05) is 18.1 Å². The molecule has 0 radical (unpaired) electrons. The van der Waals surface area contributed by atoms with E-state index in [1.807, 2.05) is 0 Å². The normalized spacial score (nSPS) is 15.4. The maximum atomic E-state index is 3.55. The Morgan fingerprint density at radius 2 is 1.59 bits per heavy atom. The van der Waals surface area contributed by atoms with E-state index < -0.39 is 0 Å². The molecule has 0 saturated heterocycles.